The zero-order valence-corrected chi connectivity index (χ0v) is 19.8. The number of alkyl halides is 6. The molecule has 1 saturated carbocycles. The molecule has 0 unspecified atom stereocenters. The number of halogens is 6. The molecule has 0 atom stereocenters. The lowest BCUT2D eigenvalue weighted by atomic mass is 9.85. The van der Waals surface area contributed by atoms with Crippen molar-refractivity contribution in [1.82, 2.24) is 15.5 Å². The van der Waals surface area contributed by atoms with Gasteiger partial charge in [-0.2, -0.15) is 31.3 Å². The average molecular weight is 506 g/mol. The van der Waals surface area contributed by atoms with E-state index in [9.17, 15) is 31.1 Å². The van der Waals surface area contributed by atoms with Gasteiger partial charge in [-0.3, -0.25) is 4.79 Å². The van der Waals surface area contributed by atoms with Crippen LogP contribution in [0, 0.1) is 5.92 Å². The van der Waals surface area contributed by atoms with E-state index in [0.717, 1.165) is 25.7 Å². The van der Waals surface area contributed by atoms with Crippen LogP contribution in [-0.4, -0.2) is 35.7 Å². The van der Waals surface area contributed by atoms with Gasteiger partial charge in [0.25, 0.3) is 11.9 Å². The number of nitrogens with one attached hydrogen (secondary N) is 1. The van der Waals surface area contributed by atoms with E-state index in [1.54, 1.807) is 0 Å². The standard InChI is InChI=1S/C23H28F6N4O2/c1-21(2,3)19-31-20(32-35-19)33(4)17-7-5-13(6-8-17)12-30-18(34)14-9-15(22(24,25)26)11-16(10-14)23(27,28)29/h9-11,13,17H,5-8,12H2,1-4H3,(H,30,34)/t13-,17+. The van der Waals surface area contributed by atoms with Crippen LogP contribution in [0.3, 0.4) is 0 Å². The number of hydrogen-bond acceptors (Lipinski definition) is 5. The molecular weight excluding hydrogens is 478 g/mol. The number of rotatable bonds is 5. The Kier molecular flexibility index (Phi) is 7.42. The highest BCUT2D eigenvalue weighted by Gasteiger charge is 2.37. The molecule has 35 heavy (non-hydrogen) atoms. The van der Waals surface area contributed by atoms with Gasteiger partial charge in [-0.15, -0.1) is 0 Å². The van der Waals surface area contributed by atoms with Gasteiger partial charge in [0.1, 0.15) is 0 Å². The van der Waals surface area contributed by atoms with Crippen molar-refractivity contribution in [1.29, 1.82) is 0 Å². The SMILES string of the molecule is CN(c1noc(C(C)(C)C)n1)[C@H]1CC[C@@H](CNC(=O)c2cc(C(F)(F)F)cc(C(F)(F)F)c2)CC1. The molecular formula is C23H28F6N4O2. The van der Waals surface area contributed by atoms with E-state index in [1.165, 1.54) is 0 Å². The maximum atomic E-state index is 13.0. The van der Waals surface area contributed by atoms with Gasteiger partial charge in [0.15, 0.2) is 0 Å². The molecule has 194 valence electrons. The molecule has 1 heterocycles. The molecule has 0 bridgehead atoms. The maximum absolute atomic E-state index is 13.0. The first-order valence-electron chi connectivity index (χ1n) is 11.2. The summed E-state index contributed by atoms with van der Waals surface area (Å²) < 4.78 is 83.6. The number of anilines is 1. The van der Waals surface area contributed by atoms with Crippen molar-refractivity contribution in [2.45, 2.75) is 70.3 Å². The van der Waals surface area contributed by atoms with Gasteiger partial charge in [0.05, 0.1) is 11.1 Å². The van der Waals surface area contributed by atoms with Crippen LogP contribution in [0.25, 0.3) is 0 Å². The normalized spacial score (nSPS) is 19.5. The van der Waals surface area contributed by atoms with E-state index in [2.05, 4.69) is 15.5 Å². The second-order valence-corrected chi connectivity index (χ2v) is 9.94. The lowest BCUT2D eigenvalue weighted by molar-refractivity contribution is -0.143. The van der Waals surface area contributed by atoms with Gasteiger partial charge in [0.2, 0.25) is 5.89 Å². The Balaban J connectivity index is 1.58. The molecule has 0 spiro atoms. The summed E-state index contributed by atoms with van der Waals surface area (Å²) in [5.74, 6) is 0.0879. The number of carbonyl (C=O) groups is 1. The first-order chi connectivity index (χ1) is 16.1. The van der Waals surface area contributed by atoms with Crippen LogP contribution in [-0.2, 0) is 17.8 Å². The lowest BCUT2D eigenvalue weighted by Crippen LogP contribution is -2.38. The second kappa shape index (κ2) is 9.69. The van der Waals surface area contributed by atoms with Gasteiger partial charge in [-0.1, -0.05) is 20.8 Å². The van der Waals surface area contributed by atoms with Gasteiger partial charge in [-0.25, -0.2) is 0 Å². The van der Waals surface area contributed by atoms with Gasteiger partial charge >= 0.3 is 12.4 Å². The Hall–Kier alpha value is -2.79. The van der Waals surface area contributed by atoms with Crippen LogP contribution in [0.4, 0.5) is 32.3 Å². The largest absolute Gasteiger partial charge is 0.416 e. The second-order valence-electron chi connectivity index (χ2n) is 9.94. The van der Waals surface area contributed by atoms with Crippen molar-refractivity contribution < 1.29 is 35.7 Å². The average Bonchev–Trinajstić information content (AvgIpc) is 3.27. The van der Waals surface area contributed by atoms with Crippen molar-refractivity contribution in [2.75, 3.05) is 18.5 Å². The third-order valence-corrected chi connectivity index (χ3v) is 6.14. The number of hydrogen-bond donors (Lipinski definition) is 1. The Bertz CT molecular complexity index is 1000. The van der Waals surface area contributed by atoms with Crippen LogP contribution in [0.15, 0.2) is 22.7 Å². The van der Waals surface area contributed by atoms with E-state index in [0.29, 0.717) is 24.0 Å². The molecule has 12 heteroatoms. The minimum Gasteiger partial charge on any atom is -0.352 e. The molecule has 6 nitrogen and oxygen atoms in total. The van der Waals surface area contributed by atoms with Crippen molar-refractivity contribution in [3.63, 3.8) is 0 Å². The highest BCUT2D eigenvalue weighted by molar-refractivity contribution is 5.94. The molecule has 3 rings (SSSR count). The van der Waals surface area contributed by atoms with Gasteiger partial charge in [0, 0.05) is 30.6 Å². The van der Waals surface area contributed by atoms with Crippen molar-refractivity contribution >= 4 is 11.9 Å². The van der Waals surface area contributed by atoms with Crippen LogP contribution in [0.2, 0.25) is 0 Å². The Labute approximate surface area is 199 Å². The molecule has 1 aromatic carbocycles. The molecule has 1 fully saturated rings. The molecule has 1 N–H and O–H groups in total. The smallest absolute Gasteiger partial charge is 0.352 e. The summed E-state index contributed by atoms with van der Waals surface area (Å²) in [7, 11) is 1.87. The minimum absolute atomic E-state index is 0.00271. The monoisotopic (exact) mass is 506 g/mol. The molecule has 1 amide bonds. The molecule has 1 aromatic heterocycles. The summed E-state index contributed by atoms with van der Waals surface area (Å²) in [4.78, 5) is 18.8. The predicted molar refractivity (Wildman–Crippen MR) is 116 cm³/mol. The minimum atomic E-state index is -5.01. The summed E-state index contributed by atoms with van der Waals surface area (Å²) in [6, 6.07) is 1.02. The van der Waals surface area contributed by atoms with Crippen LogP contribution in [0.1, 0.15) is 73.8 Å². The summed E-state index contributed by atoms with van der Waals surface area (Å²) >= 11 is 0. The number of benzene rings is 1. The Morgan fingerprint density at radius 2 is 1.54 bits per heavy atom. The topological polar surface area (TPSA) is 71.3 Å². The Morgan fingerprint density at radius 3 is 2.00 bits per heavy atom. The first-order valence-corrected chi connectivity index (χ1v) is 11.2. The Morgan fingerprint density at radius 1 is 1.00 bits per heavy atom. The highest BCUT2D eigenvalue weighted by Crippen LogP contribution is 2.36. The molecule has 0 aliphatic heterocycles. The molecule has 0 saturated heterocycles. The van der Waals surface area contributed by atoms with Crippen LogP contribution >= 0.6 is 0 Å². The molecule has 1 aliphatic rings. The van der Waals surface area contributed by atoms with Crippen molar-refractivity contribution in [3.8, 4) is 0 Å². The van der Waals surface area contributed by atoms with E-state index in [-0.39, 0.29) is 30.0 Å². The third-order valence-electron chi connectivity index (χ3n) is 6.14. The first kappa shape index (κ1) is 26.8. The number of carbonyl (C=O) groups excluding carboxylic acids is 1. The zero-order chi connectivity index (χ0) is 26.2. The quantitative estimate of drug-likeness (QED) is 0.517. The van der Waals surface area contributed by atoms with E-state index >= 15 is 0 Å². The lowest BCUT2D eigenvalue weighted by Gasteiger charge is -2.34. The maximum Gasteiger partial charge on any atom is 0.416 e. The fourth-order valence-electron chi connectivity index (χ4n) is 3.99. The molecule has 0 radical (unpaired) electrons. The van der Waals surface area contributed by atoms with Crippen molar-refractivity contribution in [2.24, 2.45) is 5.92 Å². The number of aromatic nitrogens is 2. The summed E-state index contributed by atoms with van der Waals surface area (Å²) in [5, 5.41) is 6.54. The highest BCUT2D eigenvalue weighted by atomic mass is 19.4. The number of nitrogens with zero attached hydrogens (tertiary/aromatic N) is 3. The zero-order valence-electron chi connectivity index (χ0n) is 19.8. The van der Waals surface area contributed by atoms with Crippen LogP contribution < -0.4 is 10.2 Å². The fraction of sp³-hybridized carbons (Fsp3) is 0.609. The van der Waals surface area contributed by atoms with Crippen LogP contribution in [0.5, 0.6) is 0 Å². The van der Waals surface area contributed by atoms with Gasteiger partial charge in [-0.05, 0) is 55.0 Å². The fourth-order valence-corrected chi connectivity index (χ4v) is 3.99. The van der Waals surface area contributed by atoms with Crippen molar-refractivity contribution in [3.05, 3.63) is 40.8 Å². The summed E-state index contributed by atoms with van der Waals surface area (Å²) in [6.07, 6.45) is -7.05. The van der Waals surface area contributed by atoms with E-state index < -0.39 is 35.0 Å². The van der Waals surface area contributed by atoms with E-state index in [4.69, 9.17) is 4.52 Å². The van der Waals surface area contributed by atoms with Gasteiger partial charge < -0.3 is 14.7 Å². The van der Waals surface area contributed by atoms with E-state index in [1.807, 2.05) is 32.7 Å². The third kappa shape index (κ3) is 6.66. The predicted octanol–water partition coefficient (Wildman–Crippen LogP) is 5.83. The summed E-state index contributed by atoms with van der Waals surface area (Å²) in [5.41, 5.74) is -3.98. The molecule has 1 aliphatic carbocycles. The number of amides is 1. The summed E-state index contributed by atoms with van der Waals surface area (Å²) in [6.45, 7) is 6.05. The molecule has 2 aromatic rings.